The maximum Gasteiger partial charge on any atom is 0.217 e. The van der Waals surface area contributed by atoms with Crippen LogP contribution in [0, 0.1) is 11.6 Å². The Kier molecular flexibility index (Phi) is 8.44. The van der Waals surface area contributed by atoms with E-state index in [9.17, 15) is 18.7 Å². The maximum absolute atomic E-state index is 13.7. The molecular weight excluding hydrogens is 460 g/mol. The number of carbonyl (C=O) groups excluding carboxylic acids is 1. The Bertz CT molecular complexity index is 1180. The standard InChI is InChI=1S/C29H33F2N3O2/c1-3-19-13-24(26-8-4-5-10-32-26)23-7-6-9-27(25(23)14-19)33-17-29(36)28(34-18(2)35)15-20-11-21(30)16-22(31)12-20/h4-5,8,10-14,16,27-29,33,36H,3,6-7,9,15,17H2,1-2H3,(H,34,35)/t27-,28+,29-/m1/s1. The number of aryl methyl sites for hydroxylation is 1. The average Bonchev–Trinajstić information content (AvgIpc) is 2.85. The molecule has 36 heavy (non-hydrogen) atoms. The lowest BCUT2D eigenvalue weighted by Crippen LogP contribution is -2.48. The molecule has 0 saturated carbocycles. The van der Waals surface area contributed by atoms with Crippen LogP contribution in [0.3, 0.4) is 0 Å². The van der Waals surface area contributed by atoms with Gasteiger partial charge in [0.25, 0.3) is 0 Å². The van der Waals surface area contributed by atoms with Gasteiger partial charge in [0.2, 0.25) is 5.91 Å². The summed E-state index contributed by atoms with van der Waals surface area (Å²) in [4.78, 5) is 16.4. The number of amides is 1. The van der Waals surface area contributed by atoms with Crippen molar-refractivity contribution in [3.63, 3.8) is 0 Å². The number of aliphatic hydroxyl groups is 1. The highest BCUT2D eigenvalue weighted by molar-refractivity contribution is 5.73. The zero-order valence-corrected chi connectivity index (χ0v) is 20.7. The molecule has 1 amide bonds. The summed E-state index contributed by atoms with van der Waals surface area (Å²) in [6.45, 7) is 3.72. The fraction of sp³-hybridized carbons (Fsp3) is 0.379. The van der Waals surface area contributed by atoms with E-state index in [0.717, 1.165) is 43.0 Å². The lowest BCUT2D eigenvalue weighted by molar-refractivity contribution is -0.120. The van der Waals surface area contributed by atoms with Gasteiger partial charge >= 0.3 is 0 Å². The Morgan fingerprint density at radius 1 is 1.14 bits per heavy atom. The van der Waals surface area contributed by atoms with Crippen LogP contribution in [0.15, 0.2) is 54.7 Å². The molecule has 0 aliphatic heterocycles. The van der Waals surface area contributed by atoms with Gasteiger partial charge in [-0.05, 0) is 84.7 Å². The predicted octanol–water partition coefficient (Wildman–Crippen LogP) is 4.66. The number of hydrogen-bond donors (Lipinski definition) is 3. The average molecular weight is 494 g/mol. The van der Waals surface area contributed by atoms with Crippen molar-refractivity contribution < 1.29 is 18.7 Å². The molecule has 1 aliphatic rings. The Hall–Kier alpha value is -3.16. The van der Waals surface area contributed by atoms with Crippen molar-refractivity contribution in [3.8, 4) is 11.3 Å². The summed E-state index contributed by atoms with van der Waals surface area (Å²) >= 11 is 0. The second kappa shape index (κ2) is 11.7. The number of nitrogens with zero attached hydrogens (tertiary/aromatic N) is 1. The zero-order chi connectivity index (χ0) is 25.7. The van der Waals surface area contributed by atoms with Gasteiger partial charge in [-0.1, -0.05) is 19.1 Å². The van der Waals surface area contributed by atoms with Crippen molar-refractivity contribution in [2.24, 2.45) is 0 Å². The van der Waals surface area contributed by atoms with Gasteiger partial charge in [0, 0.05) is 37.3 Å². The fourth-order valence-corrected chi connectivity index (χ4v) is 5.08. The number of fused-ring (bicyclic) bond motifs is 1. The van der Waals surface area contributed by atoms with E-state index in [0.29, 0.717) is 5.56 Å². The van der Waals surface area contributed by atoms with Crippen LogP contribution < -0.4 is 10.6 Å². The number of benzene rings is 2. The van der Waals surface area contributed by atoms with Crippen molar-refractivity contribution in [2.45, 2.75) is 64.1 Å². The molecule has 190 valence electrons. The van der Waals surface area contributed by atoms with Gasteiger partial charge in [0.05, 0.1) is 17.8 Å². The molecule has 3 aromatic rings. The number of halogens is 2. The van der Waals surface area contributed by atoms with E-state index < -0.39 is 23.8 Å². The highest BCUT2D eigenvalue weighted by atomic mass is 19.1. The minimum atomic E-state index is -0.949. The molecule has 1 aromatic heterocycles. The molecule has 7 heteroatoms. The molecule has 0 fully saturated rings. The highest BCUT2D eigenvalue weighted by Crippen LogP contribution is 2.37. The van der Waals surface area contributed by atoms with E-state index in [2.05, 4.69) is 34.7 Å². The van der Waals surface area contributed by atoms with Crippen LogP contribution in [0.2, 0.25) is 0 Å². The van der Waals surface area contributed by atoms with Crippen LogP contribution in [-0.4, -0.2) is 34.7 Å². The fourth-order valence-electron chi connectivity index (χ4n) is 5.08. The molecule has 1 aliphatic carbocycles. The van der Waals surface area contributed by atoms with Crippen LogP contribution in [0.1, 0.15) is 55.0 Å². The number of carbonyl (C=O) groups is 1. The molecule has 0 unspecified atom stereocenters. The summed E-state index contributed by atoms with van der Waals surface area (Å²) in [7, 11) is 0. The van der Waals surface area contributed by atoms with E-state index in [4.69, 9.17) is 0 Å². The minimum Gasteiger partial charge on any atom is -0.390 e. The smallest absolute Gasteiger partial charge is 0.217 e. The summed E-state index contributed by atoms with van der Waals surface area (Å²) in [5.41, 5.74) is 6.21. The first kappa shape index (κ1) is 25.9. The number of aliphatic hydroxyl groups excluding tert-OH is 1. The normalized spacial score (nSPS) is 16.8. The third kappa shape index (κ3) is 6.33. The molecular formula is C29H33F2N3O2. The molecule has 0 radical (unpaired) electrons. The Labute approximate surface area is 211 Å². The zero-order valence-electron chi connectivity index (χ0n) is 20.7. The van der Waals surface area contributed by atoms with Gasteiger partial charge in [0.15, 0.2) is 0 Å². The van der Waals surface area contributed by atoms with Gasteiger partial charge in [0.1, 0.15) is 11.6 Å². The monoisotopic (exact) mass is 493 g/mol. The van der Waals surface area contributed by atoms with Gasteiger partial charge < -0.3 is 15.7 Å². The first-order valence-electron chi connectivity index (χ1n) is 12.5. The summed E-state index contributed by atoms with van der Waals surface area (Å²) in [6.07, 6.45) is 4.76. The second-order valence-electron chi connectivity index (χ2n) is 9.49. The highest BCUT2D eigenvalue weighted by Gasteiger charge is 2.27. The number of rotatable bonds is 9. The van der Waals surface area contributed by atoms with Crippen LogP contribution in [0.5, 0.6) is 0 Å². The van der Waals surface area contributed by atoms with E-state index in [-0.39, 0.29) is 24.9 Å². The van der Waals surface area contributed by atoms with E-state index in [1.165, 1.54) is 35.7 Å². The van der Waals surface area contributed by atoms with Crippen molar-refractivity contribution in [3.05, 3.63) is 88.6 Å². The van der Waals surface area contributed by atoms with Crippen molar-refractivity contribution in [1.82, 2.24) is 15.6 Å². The predicted molar refractivity (Wildman–Crippen MR) is 136 cm³/mol. The maximum atomic E-state index is 13.7. The van der Waals surface area contributed by atoms with Crippen LogP contribution in [0.4, 0.5) is 8.78 Å². The minimum absolute atomic E-state index is 0.0435. The third-order valence-electron chi connectivity index (χ3n) is 6.79. The van der Waals surface area contributed by atoms with Crippen molar-refractivity contribution >= 4 is 5.91 Å². The largest absolute Gasteiger partial charge is 0.390 e. The third-order valence-corrected chi connectivity index (χ3v) is 6.79. The number of aromatic nitrogens is 1. The molecule has 0 saturated heterocycles. The first-order valence-corrected chi connectivity index (χ1v) is 12.5. The quantitative estimate of drug-likeness (QED) is 0.405. The van der Waals surface area contributed by atoms with Gasteiger partial charge in [-0.3, -0.25) is 9.78 Å². The number of hydrogen-bond acceptors (Lipinski definition) is 4. The molecule has 5 nitrogen and oxygen atoms in total. The Morgan fingerprint density at radius 3 is 2.58 bits per heavy atom. The van der Waals surface area contributed by atoms with Gasteiger partial charge in [-0.25, -0.2) is 8.78 Å². The van der Waals surface area contributed by atoms with Crippen LogP contribution in [-0.2, 0) is 24.1 Å². The molecule has 2 aromatic carbocycles. The molecule has 0 bridgehead atoms. The summed E-state index contributed by atoms with van der Waals surface area (Å²) in [5, 5.41) is 17.2. The number of nitrogens with one attached hydrogen (secondary N) is 2. The molecule has 3 N–H and O–H groups in total. The summed E-state index contributed by atoms with van der Waals surface area (Å²) < 4.78 is 27.4. The number of pyridine rings is 1. The van der Waals surface area contributed by atoms with E-state index in [1.807, 2.05) is 24.4 Å². The van der Waals surface area contributed by atoms with Gasteiger partial charge in [-0.15, -0.1) is 0 Å². The van der Waals surface area contributed by atoms with E-state index in [1.54, 1.807) is 0 Å². The molecule has 0 spiro atoms. The van der Waals surface area contributed by atoms with E-state index >= 15 is 0 Å². The molecule has 3 atom stereocenters. The molecule has 4 rings (SSSR count). The molecule has 1 heterocycles. The van der Waals surface area contributed by atoms with Crippen molar-refractivity contribution in [2.75, 3.05) is 6.54 Å². The second-order valence-corrected chi connectivity index (χ2v) is 9.49. The van der Waals surface area contributed by atoms with Crippen LogP contribution in [0.25, 0.3) is 11.3 Å². The van der Waals surface area contributed by atoms with Crippen molar-refractivity contribution in [1.29, 1.82) is 0 Å². The summed E-state index contributed by atoms with van der Waals surface area (Å²) in [6, 6.07) is 13.0. The Balaban J connectivity index is 1.54. The first-order chi connectivity index (χ1) is 17.3. The SMILES string of the molecule is CCc1cc(-c2ccccn2)c2c(c1)[C@H](NC[C@@H](O)[C@H](Cc1cc(F)cc(F)c1)NC(C)=O)CCC2. The Morgan fingerprint density at radius 2 is 1.92 bits per heavy atom. The lowest BCUT2D eigenvalue weighted by atomic mass is 9.82. The van der Waals surface area contributed by atoms with Crippen LogP contribution >= 0.6 is 0 Å². The van der Waals surface area contributed by atoms with Gasteiger partial charge in [-0.2, -0.15) is 0 Å². The topological polar surface area (TPSA) is 74.2 Å². The summed E-state index contributed by atoms with van der Waals surface area (Å²) in [5.74, 6) is -1.69. The lowest BCUT2D eigenvalue weighted by Gasteiger charge is -2.31.